The number of para-hydroxylation sites is 2. The number of fused-ring (bicyclic) bond motifs is 1. The highest BCUT2D eigenvalue weighted by Gasteiger charge is 2.43. The van der Waals surface area contributed by atoms with Gasteiger partial charge in [-0.3, -0.25) is 0 Å². The summed E-state index contributed by atoms with van der Waals surface area (Å²) in [4.78, 5) is 15.0. The maximum atomic E-state index is 5.03. The lowest BCUT2D eigenvalue weighted by molar-refractivity contribution is 0.594. The lowest BCUT2D eigenvalue weighted by Crippen LogP contribution is -2.33. The molecule has 234 valence electrons. The second-order valence-electron chi connectivity index (χ2n) is 14.5. The van der Waals surface area contributed by atoms with Gasteiger partial charge in [0.05, 0.1) is 16.7 Å². The third kappa shape index (κ3) is 3.89. The molecule has 0 radical (unpaired) electrons. The van der Waals surface area contributed by atoms with E-state index in [0.717, 1.165) is 22.3 Å². The van der Waals surface area contributed by atoms with Gasteiger partial charge in [-0.15, -0.1) is 0 Å². The highest BCUT2D eigenvalue weighted by atomic mass is 15.0. The van der Waals surface area contributed by atoms with Gasteiger partial charge < -0.3 is 4.57 Å². The summed E-state index contributed by atoms with van der Waals surface area (Å²) < 4.78 is 2.58. The van der Waals surface area contributed by atoms with E-state index in [4.69, 9.17) is 15.0 Å². The van der Waals surface area contributed by atoms with Crippen molar-refractivity contribution in [2.45, 2.75) is 38.5 Å². The van der Waals surface area contributed by atoms with Gasteiger partial charge in [0.2, 0.25) is 0 Å². The highest BCUT2D eigenvalue weighted by molar-refractivity contribution is 6.14. The quantitative estimate of drug-likeness (QED) is 0.194. The molecule has 0 spiro atoms. The van der Waals surface area contributed by atoms with Gasteiger partial charge in [0.15, 0.2) is 17.5 Å². The predicted molar refractivity (Wildman–Crippen MR) is 200 cm³/mol. The number of aromatic nitrogens is 4. The van der Waals surface area contributed by atoms with Crippen molar-refractivity contribution in [3.63, 3.8) is 0 Å². The van der Waals surface area contributed by atoms with Crippen LogP contribution in [-0.4, -0.2) is 19.5 Å². The predicted octanol–water partition coefficient (Wildman–Crippen LogP) is 10.9. The van der Waals surface area contributed by atoms with E-state index in [1.54, 1.807) is 0 Å². The Balaban J connectivity index is 1.19. The first kappa shape index (κ1) is 28.2. The second kappa shape index (κ2) is 9.83. The van der Waals surface area contributed by atoms with Crippen LogP contribution in [0.25, 0.3) is 72.8 Å². The van der Waals surface area contributed by atoms with E-state index in [1.807, 2.05) is 36.4 Å². The molecule has 0 saturated heterocycles. The van der Waals surface area contributed by atoms with Crippen LogP contribution in [-0.2, 0) is 10.8 Å². The minimum Gasteiger partial charge on any atom is -0.308 e. The lowest BCUT2D eigenvalue weighted by Gasteiger charge is -2.42. The summed E-state index contributed by atoms with van der Waals surface area (Å²) >= 11 is 0. The molecule has 0 atom stereocenters. The highest BCUT2D eigenvalue weighted by Crippen LogP contribution is 2.56. The third-order valence-electron chi connectivity index (χ3n) is 11.0. The number of rotatable bonds is 4. The Bertz CT molecular complexity index is 2490. The summed E-state index contributed by atoms with van der Waals surface area (Å²) in [6.45, 7) is 9.56. The molecule has 0 aliphatic carbocycles. The molecule has 2 aromatic heterocycles. The molecule has 4 heterocycles. The Hall–Kier alpha value is -5.87. The van der Waals surface area contributed by atoms with Gasteiger partial charge >= 0.3 is 0 Å². The largest absolute Gasteiger partial charge is 0.308 e. The molecule has 2 aliphatic heterocycles. The van der Waals surface area contributed by atoms with Crippen molar-refractivity contribution >= 4 is 21.8 Å². The second-order valence-corrected chi connectivity index (χ2v) is 14.5. The Morgan fingerprint density at radius 1 is 0.388 bits per heavy atom. The van der Waals surface area contributed by atoms with Gasteiger partial charge in [-0.2, -0.15) is 0 Å². The molecule has 10 rings (SSSR count). The number of hydrogen-bond acceptors (Lipinski definition) is 3. The molecular weight excluding hydrogens is 597 g/mol. The standard InChI is InChI=1S/C45H34N4/c1-44(2)34-22-12-20-32-33-21-13-23-35-39(33)49(38(32)34)40-36(44)25-31(26-37(40)45(35,3)4)29-18-11-19-30(24-29)43-47-41(27-14-7-5-8-15-27)46-42(48-43)28-16-9-6-10-17-28/h5-26H,1-4H3. The van der Waals surface area contributed by atoms with Crippen molar-refractivity contribution < 1.29 is 0 Å². The zero-order valence-electron chi connectivity index (χ0n) is 28.0. The molecule has 49 heavy (non-hydrogen) atoms. The molecular formula is C45H34N4. The maximum Gasteiger partial charge on any atom is 0.164 e. The molecule has 0 fully saturated rings. The lowest BCUT2D eigenvalue weighted by atomic mass is 9.68. The normalized spacial score (nSPS) is 14.9. The molecule has 0 bridgehead atoms. The molecule has 8 aromatic rings. The van der Waals surface area contributed by atoms with E-state index in [0.29, 0.717) is 17.5 Å². The van der Waals surface area contributed by atoms with Gasteiger partial charge in [-0.25, -0.2) is 15.0 Å². The molecule has 6 aromatic carbocycles. The molecule has 2 aliphatic rings. The van der Waals surface area contributed by atoms with Crippen molar-refractivity contribution in [3.05, 3.63) is 156 Å². The van der Waals surface area contributed by atoms with Crippen LogP contribution in [0.5, 0.6) is 0 Å². The summed E-state index contributed by atoms with van der Waals surface area (Å²) in [5.74, 6) is 1.99. The molecule has 4 heteroatoms. The van der Waals surface area contributed by atoms with Crippen LogP contribution >= 0.6 is 0 Å². The summed E-state index contributed by atoms with van der Waals surface area (Å²) in [6.07, 6.45) is 0. The number of benzene rings is 6. The van der Waals surface area contributed by atoms with E-state index < -0.39 is 0 Å². The first-order chi connectivity index (χ1) is 23.8. The monoisotopic (exact) mass is 630 g/mol. The maximum absolute atomic E-state index is 5.03. The van der Waals surface area contributed by atoms with Crippen molar-refractivity contribution in [2.24, 2.45) is 0 Å². The van der Waals surface area contributed by atoms with Crippen molar-refractivity contribution in [1.82, 2.24) is 19.5 Å². The fourth-order valence-corrected chi connectivity index (χ4v) is 8.41. The van der Waals surface area contributed by atoms with Gasteiger partial charge in [0, 0.05) is 38.3 Å². The van der Waals surface area contributed by atoms with E-state index >= 15 is 0 Å². The van der Waals surface area contributed by atoms with Crippen molar-refractivity contribution in [3.8, 4) is 51.0 Å². The summed E-state index contributed by atoms with van der Waals surface area (Å²) in [5.41, 5.74) is 14.4. The SMILES string of the molecule is CC1(C)c2cc(-c3cccc(-c4nc(-c5ccccc5)nc(-c5ccccc5)n4)c3)cc3c2-n2c4c1cccc4c1cccc(c12)C3(C)C. The van der Waals surface area contributed by atoms with Gasteiger partial charge in [0.1, 0.15) is 0 Å². The van der Waals surface area contributed by atoms with Gasteiger partial charge in [-0.1, -0.05) is 143 Å². The van der Waals surface area contributed by atoms with Crippen LogP contribution in [0, 0.1) is 0 Å². The van der Waals surface area contributed by atoms with E-state index in [-0.39, 0.29) is 10.8 Å². The summed E-state index contributed by atoms with van der Waals surface area (Å²) in [5, 5.41) is 2.69. The molecule has 0 amide bonds. The first-order valence-electron chi connectivity index (χ1n) is 17.0. The smallest absolute Gasteiger partial charge is 0.164 e. The van der Waals surface area contributed by atoms with Gasteiger partial charge in [0.25, 0.3) is 0 Å². The Kier molecular flexibility index (Phi) is 5.65. The fourth-order valence-electron chi connectivity index (χ4n) is 8.41. The third-order valence-corrected chi connectivity index (χ3v) is 11.0. The Labute approximate surface area is 285 Å². The molecule has 0 saturated carbocycles. The van der Waals surface area contributed by atoms with Crippen LogP contribution < -0.4 is 0 Å². The average molecular weight is 631 g/mol. The van der Waals surface area contributed by atoms with E-state index in [9.17, 15) is 0 Å². The average Bonchev–Trinajstić information content (AvgIpc) is 3.49. The van der Waals surface area contributed by atoms with Crippen LogP contribution in [0.15, 0.2) is 133 Å². The molecule has 0 N–H and O–H groups in total. The molecule has 0 unspecified atom stereocenters. The van der Waals surface area contributed by atoms with Crippen LogP contribution in [0.4, 0.5) is 0 Å². The zero-order valence-corrected chi connectivity index (χ0v) is 28.0. The van der Waals surface area contributed by atoms with E-state index in [1.165, 1.54) is 55.3 Å². The Morgan fingerprint density at radius 2 is 0.816 bits per heavy atom. The fraction of sp³-hybridized carbons (Fsp3) is 0.133. The first-order valence-corrected chi connectivity index (χ1v) is 17.0. The van der Waals surface area contributed by atoms with Gasteiger partial charge in [-0.05, 0) is 51.6 Å². The zero-order chi connectivity index (χ0) is 33.1. The van der Waals surface area contributed by atoms with Crippen molar-refractivity contribution in [2.75, 3.05) is 0 Å². The van der Waals surface area contributed by atoms with E-state index in [2.05, 4.69) is 129 Å². The minimum atomic E-state index is -0.182. The van der Waals surface area contributed by atoms with Crippen LogP contribution in [0.3, 0.4) is 0 Å². The number of nitrogens with zero attached hydrogens (tertiary/aromatic N) is 4. The summed E-state index contributed by atoms with van der Waals surface area (Å²) in [6, 6.07) is 47.6. The Morgan fingerprint density at radius 3 is 1.33 bits per heavy atom. The molecule has 4 nitrogen and oxygen atoms in total. The van der Waals surface area contributed by atoms with Crippen LogP contribution in [0.2, 0.25) is 0 Å². The van der Waals surface area contributed by atoms with Crippen LogP contribution in [0.1, 0.15) is 49.9 Å². The minimum absolute atomic E-state index is 0.182. The number of hydrogen-bond donors (Lipinski definition) is 0. The van der Waals surface area contributed by atoms with Crippen molar-refractivity contribution in [1.29, 1.82) is 0 Å². The summed E-state index contributed by atoms with van der Waals surface area (Å²) in [7, 11) is 0. The topological polar surface area (TPSA) is 43.6 Å².